The lowest BCUT2D eigenvalue weighted by atomic mass is 10.1. The Morgan fingerprint density at radius 2 is 2.19 bits per heavy atom. The summed E-state index contributed by atoms with van der Waals surface area (Å²) in [6.45, 7) is 6.85. The molecule has 0 bridgehead atoms. The van der Waals surface area contributed by atoms with Crippen molar-refractivity contribution in [2.45, 2.75) is 27.2 Å². The van der Waals surface area contributed by atoms with E-state index in [1.807, 2.05) is 25.1 Å². The number of benzene rings is 1. The number of carbonyl (C=O) groups excluding carboxylic acids is 1. The number of urea groups is 1. The molecule has 2 aromatic rings. The number of aryl methyl sites for hydroxylation is 1. The molecular formula is C14H20N6O. The molecule has 7 nitrogen and oxygen atoms in total. The molecule has 1 heterocycles. The van der Waals surface area contributed by atoms with Crippen molar-refractivity contribution >= 4 is 11.7 Å². The van der Waals surface area contributed by atoms with Gasteiger partial charge >= 0.3 is 6.03 Å². The molecule has 2 amide bonds. The number of nitrogens with one attached hydrogen (secondary N) is 2. The molecule has 0 unspecified atom stereocenters. The molecule has 21 heavy (non-hydrogen) atoms. The second-order valence-corrected chi connectivity index (χ2v) is 5.32. The Morgan fingerprint density at radius 1 is 1.38 bits per heavy atom. The summed E-state index contributed by atoms with van der Waals surface area (Å²) in [4.78, 5) is 11.9. The highest BCUT2D eigenvalue weighted by atomic mass is 16.2. The number of tetrazole rings is 1. The molecule has 2 N–H and O–H groups in total. The van der Waals surface area contributed by atoms with Crippen LogP contribution < -0.4 is 10.6 Å². The highest BCUT2D eigenvalue weighted by Gasteiger charge is 2.07. The van der Waals surface area contributed by atoms with Gasteiger partial charge in [0.25, 0.3) is 0 Å². The Hall–Kier alpha value is -2.44. The van der Waals surface area contributed by atoms with Crippen LogP contribution in [0, 0.1) is 12.8 Å². The van der Waals surface area contributed by atoms with Crippen molar-refractivity contribution in [1.29, 1.82) is 0 Å². The van der Waals surface area contributed by atoms with Crippen molar-refractivity contribution in [3.05, 3.63) is 30.1 Å². The Labute approximate surface area is 123 Å². The summed E-state index contributed by atoms with van der Waals surface area (Å²) in [7, 11) is 0. The Balaban J connectivity index is 2.02. The molecule has 1 aromatic carbocycles. The van der Waals surface area contributed by atoms with E-state index in [1.54, 1.807) is 4.68 Å². The quantitative estimate of drug-likeness (QED) is 0.882. The van der Waals surface area contributed by atoms with Gasteiger partial charge in [-0.05, 0) is 47.4 Å². The van der Waals surface area contributed by atoms with E-state index >= 15 is 0 Å². The molecule has 0 atom stereocenters. The largest absolute Gasteiger partial charge is 0.338 e. The third-order valence-electron chi connectivity index (χ3n) is 3.09. The number of hydrogen-bond donors (Lipinski definition) is 2. The number of nitrogens with zero attached hydrogens (tertiary/aromatic N) is 4. The van der Waals surface area contributed by atoms with E-state index in [0.29, 0.717) is 12.5 Å². The van der Waals surface area contributed by atoms with Crippen LogP contribution in [0.15, 0.2) is 24.5 Å². The number of hydrogen-bond acceptors (Lipinski definition) is 4. The minimum atomic E-state index is -0.201. The van der Waals surface area contributed by atoms with Crippen molar-refractivity contribution in [2.75, 3.05) is 11.9 Å². The van der Waals surface area contributed by atoms with Gasteiger partial charge in [-0.25, -0.2) is 9.48 Å². The maximum Gasteiger partial charge on any atom is 0.319 e. The number of aromatic nitrogens is 4. The fourth-order valence-corrected chi connectivity index (χ4v) is 1.81. The summed E-state index contributed by atoms with van der Waals surface area (Å²) < 4.78 is 1.54. The van der Waals surface area contributed by atoms with Gasteiger partial charge < -0.3 is 10.6 Å². The first-order valence-corrected chi connectivity index (χ1v) is 6.95. The summed E-state index contributed by atoms with van der Waals surface area (Å²) in [6.07, 6.45) is 2.47. The zero-order chi connectivity index (χ0) is 15.2. The summed E-state index contributed by atoms with van der Waals surface area (Å²) in [6, 6.07) is 5.45. The van der Waals surface area contributed by atoms with Crippen molar-refractivity contribution < 1.29 is 4.79 Å². The molecule has 0 aliphatic rings. The first-order valence-electron chi connectivity index (χ1n) is 6.95. The molecule has 0 saturated heterocycles. The number of anilines is 1. The second kappa shape index (κ2) is 6.83. The molecule has 0 aliphatic heterocycles. The number of rotatable bonds is 5. The maximum absolute atomic E-state index is 11.9. The highest BCUT2D eigenvalue weighted by Crippen LogP contribution is 2.18. The topological polar surface area (TPSA) is 84.7 Å². The monoisotopic (exact) mass is 288 g/mol. The summed E-state index contributed by atoms with van der Waals surface area (Å²) in [5.74, 6) is 0.565. The van der Waals surface area contributed by atoms with Crippen molar-refractivity contribution in [2.24, 2.45) is 5.92 Å². The van der Waals surface area contributed by atoms with Crippen LogP contribution in [0.3, 0.4) is 0 Å². The van der Waals surface area contributed by atoms with Gasteiger partial charge in [0.05, 0.1) is 5.69 Å². The van der Waals surface area contributed by atoms with Crippen LogP contribution in [0.2, 0.25) is 0 Å². The first kappa shape index (κ1) is 15.0. The van der Waals surface area contributed by atoms with Crippen LogP contribution in [0.25, 0.3) is 5.69 Å². The fraction of sp³-hybridized carbons (Fsp3) is 0.429. The third-order valence-corrected chi connectivity index (χ3v) is 3.09. The molecule has 0 radical (unpaired) electrons. The zero-order valence-electron chi connectivity index (χ0n) is 12.5. The summed E-state index contributed by atoms with van der Waals surface area (Å²) in [5, 5.41) is 16.7. The molecular weight excluding hydrogens is 268 g/mol. The lowest BCUT2D eigenvalue weighted by Gasteiger charge is -2.12. The molecule has 0 fully saturated rings. The van der Waals surface area contributed by atoms with Crippen LogP contribution in [-0.2, 0) is 0 Å². The van der Waals surface area contributed by atoms with Gasteiger partial charge in [-0.3, -0.25) is 0 Å². The lowest BCUT2D eigenvalue weighted by Crippen LogP contribution is -2.30. The molecule has 0 aliphatic carbocycles. The molecule has 1 aromatic heterocycles. The van der Waals surface area contributed by atoms with Crippen molar-refractivity contribution in [1.82, 2.24) is 25.5 Å². The fourth-order valence-electron chi connectivity index (χ4n) is 1.81. The Morgan fingerprint density at radius 3 is 2.86 bits per heavy atom. The average molecular weight is 288 g/mol. The van der Waals surface area contributed by atoms with E-state index in [2.05, 4.69) is 40.0 Å². The van der Waals surface area contributed by atoms with E-state index in [1.165, 1.54) is 6.33 Å². The Kier molecular flexibility index (Phi) is 4.86. The standard InChI is InChI=1S/C14H20N6O/c1-10(2)6-7-15-14(21)17-13-8-12(5-4-11(13)3)20-9-16-18-19-20/h4-5,8-10H,6-7H2,1-3H3,(H2,15,17,21). The zero-order valence-corrected chi connectivity index (χ0v) is 12.5. The molecule has 2 rings (SSSR count). The average Bonchev–Trinajstić information content (AvgIpc) is 2.95. The first-order chi connectivity index (χ1) is 10.1. The van der Waals surface area contributed by atoms with Gasteiger partial charge in [0, 0.05) is 12.2 Å². The van der Waals surface area contributed by atoms with E-state index in [-0.39, 0.29) is 6.03 Å². The van der Waals surface area contributed by atoms with Crippen LogP contribution >= 0.6 is 0 Å². The van der Waals surface area contributed by atoms with Crippen LogP contribution in [0.1, 0.15) is 25.8 Å². The summed E-state index contributed by atoms with van der Waals surface area (Å²) >= 11 is 0. The minimum Gasteiger partial charge on any atom is -0.338 e. The molecule has 0 saturated carbocycles. The smallest absolute Gasteiger partial charge is 0.319 e. The highest BCUT2D eigenvalue weighted by molar-refractivity contribution is 5.90. The van der Waals surface area contributed by atoms with Gasteiger partial charge in [0.1, 0.15) is 6.33 Å². The number of carbonyl (C=O) groups is 1. The SMILES string of the molecule is Cc1ccc(-n2cnnn2)cc1NC(=O)NCCC(C)C. The van der Waals surface area contributed by atoms with Gasteiger partial charge in [-0.15, -0.1) is 5.10 Å². The molecule has 0 spiro atoms. The van der Waals surface area contributed by atoms with Gasteiger partial charge in [-0.2, -0.15) is 0 Å². The van der Waals surface area contributed by atoms with E-state index in [0.717, 1.165) is 23.4 Å². The van der Waals surface area contributed by atoms with Crippen LogP contribution in [-0.4, -0.2) is 32.8 Å². The molecule has 112 valence electrons. The Bertz CT molecular complexity index is 594. The van der Waals surface area contributed by atoms with Crippen LogP contribution in [0.4, 0.5) is 10.5 Å². The van der Waals surface area contributed by atoms with E-state index < -0.39 is 0 Å². The maximum atomic E-state index is 11.9. The minimum absolute atomic E-state index is 0.201. The van der Waals surface area contributed by atoms with Crippen molar-refractivity contribution in [3.63, 3.8) is 0 Å². The normalized spacial score (nSPS) is 10.7. The number of amides is 2. The summed E-state index contributed by atoms with van der Waals surface area (Å²) in [5.41, 5.74) is 2.51. The van der Waals surface area contributed by atoms with E-state index in [4.69, 9.17) is 0 Å². The van der Waals surface area contributed by atoms with Crippen LogP contribution in [0.5, 0.6) is 0 Å². The van der Waals surface area contributed by atoms with Crippen molar-refractivity contribution in [3.8, 4) is 5.69 Å². The van der Waals surface area contributed by atoms with E-state index in [9.17, 15) is 4.79 Å². The van der Waals surface area contributed by atoms with Gasteiger partial charge in [0.15, 0.2) is 0 Å². The second-order valence-electron chi connectivity index (χ2n) is 5.32. The van der Waals surface area contributed by atoms with Gasteiger partial charge in [0.2, 0.25) is 0 Å². The predicted molar refractivity (Wildman–Crippen MR) is 80.4 cm³/mol. The molecule has 7 heteroatoms. The van der Waals surface area contributed by atoms with Gasteiger partial charge in [-0.1, -0.05) is 19.9 Å². The third kappa shape index (κ3) is 4.27. The lowest BCUT2D eigenvalue weighted by molar-refractivity contribution is 0.251. The predicted octanol–water partition coefficient (Wildman–Crippen LogP) is 2.14.